The maximum atomic E-state index is 5.12. The molecule has 0 saturated carbocycles. The van der Waals surface area contributed by atoms with E-state index in [1.807, 2.05) is 18.2 Å². The summed E-state index contributed by atoms with van der Waals surface area (Å²) in [5.41, 5.74) is 0.108. The summed E-state index contributed by atoms with van der Waals surface area (Å²) >= 11 is 3.48. The third-order valence-electron chi connectivity index (χ3n) is 1.89. The molecule has 0 aromatic carbocycles. The van der Waals surface area contributed by atoms with Crippen LogP contribution in [0.15, 0.2) is 36.1 Å². The van der Waals surface area contributed by atoms with Gasteiger partial charge in [0.25, 0.3) is 0 Å². The van der Waals surface area contributed by atoms with Crippen molar-refractivity contribution in [3.63, 3.8) is 0 Å². The highest BCUT2D eigenvalue weighted by atomic mass is 79.9. The lowest BCUT2D eigenvalue weighted by atomic mass is 9.93. The number of hydrogen-bond acceptors (Lipinski definition) is 1. The van der Waals surface area contributed by atoms with Gasteiger partial charge in [-0.2, -0.15) is 0 Å². The molecular formula is C10H13BrO. The van der Waals surface area contributed by atoms with E-state index in [1.165, 1.54) is 0 Å². The van der Waals surface area contributed by atoms with Crippen molar-refractivity contribution in [2.45, 2.75) is 6.92 Å². The Morgan fingerprint density at radius 2 is 2.25 bits per heavy atom. The molecule has 12 heavy (non-hydrogen) atoms. The zero-order valence-electron chi connectivity index (χ0n) is 7.38. The Kier molecular flexibility index (Phi) is 3.15. The number of rotatable bonds is 2. The van der Waals surface area contributed by atoms with Crippen LogP contribution in [-0.4, -0.2) is 12.4 Å². The van der Waals surface area contributed by atoms with E-state index < -0.39 is 0 Å². The van der Waals surface area contributed by atoms with E-state index in [9.17, 15) is 0 Å². The van der Waals surface area contributed by atoms with Gasteiger partial charge in [-0.05, 0) is 12.2 Å². The minimum absolute atomic E-state index is 0.108. The number of methoxy groups -OCH3 is 1. The molecule has 1 aliphatic rings. The van der Waals surface area contributed by atoms with Crippen molar-refractivity contribution < 1.29 is 4.74 Å². The predicted octanol–water partition coefficient (Wildman–Crippen LogP) is 3.04. The highest BCUT2D eigenvalue weighted by Gasteiger charge is 2.16. The average Bonchev–Trinajstić information content (AvgIpc) is 2.28. The van der Waals surface area contributed by atoms with Gasteiger partial charge in [0.1, 0.15) is 5.76 Å². The van der Waals surface area contributed by atoms with E-state index in [2.05, 4.69) is 35.0 Å². The van der Waals surface area contributed by atoms with Gasteiger partial charge in [0.15, 0.2) is 0 Å². The molecule has 0 spiro atoms. The van der Waals surface area contributed by atoms with Crippen LogP contribution in [0.4, 0.5) is 0 Å². The molecule has 1 aliphatic carbocycles. The summed E-state index contributed by atoms with van der Waals surface area (Å²) in [5.74, 6) is 0.899. The van der Waals surface area contributed by atoms with Crippen LogP contribution in [0.3, 0.4) is 0 Å². The number of alkyl halides is 1. The van der Waals surface area contributed by atoms with Crippen LogP contribution in [0.1, 0.15) is 6.92 Å². The zero-order valence-corrected chi connectivity index (χ0v) is 8.97. The predicted molar refractivity (Wildman–Crippen MR) is 55.3 cm³/mol. The minimum Gasteiger partial charge on any atom is -0.497 e. The molecule has 1 atom stereocenters. The molecule has 0 aromatic rings. The first-order valence-corrected chi connectivity index (χ1v) is 5.01. The second-order valence-electron chi connectivity index (χ2n) is 3.11. The number of hydrogen-bond donors (Lipinski definition) is 0. The molecule has 0 saturated heterocycles. The Bertz CT molecular complexity index is 240. The van der Waals surface area contributed by atoms with Crippen molar-refractivity contribution in [1.29, 1.82) is 0 Å². The molecule has 0 aliphatic heterocycles. The van der Waals surface area contributed by atoms with Crippen LogP contribution in [0.2, 0.25) is 0 Å². The molecule has 0 bridgehead atoms. The lowest BCUT2D eigenvalue weighted by Crippen LogP contribution is -2.10. The molecule has 0 aromatic heterocycles. The van der Waals surface area contributed by atoms with Crippen molar-refractivity contribution in [2.24, 2.45) is 5.41 Å². The lowest BCUT2D eigenvalue weighted by Gasteiger charge is -2.16. The standard InChI is InChI=1S/C10H13BrO/c1-10(8-11)6-3-4-9(12-2)5-7-10/h3-7H,8H2,1-2H3. The van der Waals surface area contributed by atoms with Gasteiger partial charge in [0.2, 0.25) is 0 Å². The third-order valence-corrected chi connectivity index (χ3v) is 3.10. The van der Waals surface area contributed by atoms with E-state index in [1.54, 1.807) is 7.11 Å². The molecule has 66 valence electrons. The summed E-state index contributed by atoms with van der Waals surface area (Å²) in [5, 5.41) is 0.928. The Labute approximate surface area is 81.9 Å². The van der Waals surface area contributed by atoms with E-state index >= 15 is 0 Å². The fourth-order valence-corrected chi connectivity index (χ4v) is 1.35. The molecule has 0 N–H and O–H groups in total. The Morgan fingerprint density at radius 3 is 2.83 bits per heavy atom. The fraction of sp³-hybridized carbons (Fsp3) is 0.400. The third kappa shape index (κ3) is 2.24. The van der Waals surface area contributed by atoms with Gasteiger partial charge in [0.05, 0.1) is 7.11 Å². The van der Waals surface area contributed by atoms with E-state index in [-0.39, 0.29) is 5.41 Å². The topological polar surface area (TPSA) is 9.23 Å². The highest BCUT2D eigenvalue weighted by molar-refractivity contribution is 9.09. The monoisotopic (exact) mass is 228 g/mol. The van der Waals surface area contributed by atoms with E-state index in [4.69, 9.17) is 4.74 Å². The largest absolute Gasteiger partial charge is 0.497 e. The number of ether oxygens (including phenoxy) is 1. The molecule has 1 unspecified atom stereocenters. The normalized spacial score (nSPS) is 28.1. The van der Waals surface area contributed by atoms with Crippen molar-refractivity contribution in [3.8, 4) is 0 Å². The number of halogens is 1. The summed E-state index contributed by atoms with van der Waals surface area (Å²) in [6, 6.07) is 0. The minimum atomic E-state index is 0.108. The lowest BCUT2D eigenvalue weighted by molar-refractivity contribution is 0.306. The second kappa shape index (κ2) is 3.94. The summed E-state index contributed by atoms with van der Waals surface area (Å²) in [6.07, 6.45) is 10.3. The maximum absolute atomic E-state index is 5.12. The van der Waals surface area contributed by atoms with Crippen LogP contribution in [0.5, 0.6) is 0 Å². The first kappa shape index (κ1) is 9.59. The van der Waals surface area contributed by atoms with Crippen LogP contribution < -0.4 is 0 Å². The van der Waals surface area contributed by atoms with Gasteiger partial charge in [-0.25, -0.2) is 0 Å². The first-order chi connectivity index (χ1) is 5.70. The maximum Gasteiger partial charge on any atom is 0.118 e. The van der Waals surface area contributed by atoms with Gasteiger partial charge in [-0.1, -0.05) is 41.1 Å². The Hall–Kier alpha value is -0.500. The second-order valence-corrected chi connectivity index (χ2v) is 3.67. The molecule has 0 amide bonds. The van der Waals surface area contributed by atoms with Crippen LogP contribution in [0, 0.1) is 5.41 Å². The van der Waals surface area contributed by atoms with E-state index in [0.717, 1.165) is 11.1 Å². The van der Waals surface area contributed by atoms with Crippen molar-refractivity contribution >= 4 is 15.9 Å². The molecule has 0 radical (unpaired) electrons. The zero-order chi connectivity index (χ0) is 9.03. The molecular weight excluding hydrogens is 216 g/mol. The quantitative estimate of drug-likeness (QED) is 0.661. The Balaban J connectivity index is 2.82. The fourth-order valence-electron chi connectivity index (χ4n) is 0.972. The van der Waals surface area contributed by atoms with Gasteiger partial charge in [0, 0.05) is 10.7 Å². The molecule has 1 nitrogen and oxygen atoms in total. The molecule has 2 heteroatoms. The van der Waals surface area contributed by atoms with Crippen LogP contribution >= 0.6 is 15.9 Å². The van der Waals surface area contributed by atoms with Crippen LogP contribution in [-0.2, 0) is 4.74 Å². The van der Waals surface area contributed by atoms with Crippen molar-refractivity contribution in [2.75, 3.05) is 12.4 Å². The van der Waals surface area contributed by atoms with Crippen molar-refractivity contribution in [1.82, 2.24) is 0 Å². The van der Waals surface area contributed by atoms with Gasteiger partial charge >= 0.3 is 0 Å². The Morgan fingerprint density at radius 1 is 1.50 bits per heavy atom. The molecule has 0 fully saturated rings. The summed E-state index contributed by atoms with van der Waals surface area (Å²) in [7, 11) is 1.68. The summed E-state index contributed by atoms with van der Waals surface area (Å²) in [4.78, 5) is 0. The average molecular weight is 229 g/mol. The first-order valence-electron chi connectivity index (χ1n) is 3.89. The van der Waals surface area contributed by atoms with Crippen molar-refractivity contribution in [3.05, 3.63) is 36.1 Å². The van der Waals surface area contributed by atoms with Gasteiger partial charge in [-0.15, -0.1) is 0 Å². The smallest absolute Gasteiger partial charge is 0.118 e. The van der Waals surface area contributed by atoms with E-state index in [0.29, 0.717) is 0 Å². The summed E-state index contributed by atoms with van der Waals surface area (Å²) < 4.78 is 5.12. The molecule has 0 heterocycles. The van der Waals surface area contributed by atoms with Gasteiger partial charge in [-0.3, -0.25) is 0 Å². The molecule has 1 rings (SSSR count). The SMILES string of the molecule is COC1=CC=CC(C)(CBr)C=C1. The summed E-state index contributed by atoms with van der Waals surface area (Å²) in [6.45, 7) is 2.17. The highest BCUT2D eigenvalue weighted by Crippen LogP contribution is 2.25. The number of allylic oxidation sites excluding steroid dienone is 5. The van der Waals surface area contributed by atoms with Crippen LogP contribution in [0.25, 0.3) is 0 Å². The van der Waals surface area contributed by atoms with Gasteiger partial charge < -0.3 is 4.74 Å².